The minimum Gasteiger partial charge on any atom is -0.458 e. The Hall–Kier alpha value is -0.810. The Morgan fingerprint density at radius 3 is 2.95 bits per heavy atom. The first-order chi connectivity index (χ1) is 10.1. The van der Waals surface area contributed by atoms with E-state index < -0.39 is 0 Å². The van der Waals surface area contributed by atoms with E-state index in [1.165, 1.54) is 6.26 Å². The quantitative estimate of drug-likeness (QED) is 0.883. The van der Waals surface area contributed by atoms with Gasteiger partial charge in [-0.15, -0.1) is 0 Å². The minimum atomic E-state index is -0.275. The molecule has 1 amide bonds. The van der Waals surface area contributed by atoms with Crippen LogP contribution in [0.5, 0.6) is 0 Å². The molecule has 0 bridgehead atoms. The Morgan fingerprint density at radius 2 is 2.24 bits per heavy atom. The van der Waals surface area contributed by atoms with Crippen molar-refractivity contribution >= 4 is 21.8 Å². The van der Waals surface area contributed by atoms with Crippen molar-refractivity contribution in [3.05, 3.63) is 22.6 Å². The van der Waals surface area contributed by atoms with Crippen LogP contribution >= 0.6 is 15.9 Å². The van der Waals surface area contributed by atoms with Crippen molar-refractivity contribution in [1.29, 1.82) is 0 Å². The zero-order chi connectivity index (χ0) is 15.0. The van der Waals surface area contributed by atoms with Crippen molar-refractivity contribution < 1.29 is 14.3 Å². The average molecular weight is 356 g/mol. The topological polar surface area (TPSA) is 53.7 Å². The third-order valence-electron chi connectivity index (χ3n) is 4.96. The normalized spacial score (nSPS) is 33.4. The Balaban J connectivity index is 1.77. The fraction of sp³-hybridized carbons (Fsp3) is 0.688. The second-order valence-electron chi connectivity index (χ2n) is 6.49. The molecule has 1 saturated heterocycles. The largest absolute Gasteiger partial charge is 0.458 e. The molecule has 4 nitrogen and oxygen atoms in total. The molecule has 1 aromatic rings. The standard InChI is InChI=1S/C16H22BrNO3/c1-10-4-5-14(19)12(7-10)13-3-2-6-18(13)16(20)15-8-11(17)9-21-15/h8-10,12-14,19H,2-7H2,1H3. The molecule has 2 heterocycles. The number of nitrogens with zero attached hydrogens (tertiary/aromatic N) is 1. The zero-order valence-electron chi connectivity index (χ0n) is 12.3. The van der Waals surface area contributed by atoms with Crippen LogP contribution in [0, 0.1) is 11.8 Å². The van der Waals surface area contributed by atoms with E-state index in [-0.39, 0.29) is 24.0 Å². The number of amides is 1. The predicted octanol–water partition coefficient (Wildman–Crippen LogP) is 3.44. The molecule has 0 spiro atoms. The van der Waals surface area contributed by atoms with Crippen molar-refractivity contribution in [2.45, 2.75) is 51.2 Å². The van der Waals surface area contributed by atoms with Gasteiger partial charge in [-0.2, -0.15) is 0 Å². The van der Waals surface area contributed by atoms with E-state index in [2.05, 4.69) is 22.9 Å². The van der Waals surface area contributed by atoms with Gasteiger partial charge in [0.15, 0.2) is 5.76 Å². The first kappa shape index (κ1) is 15.1. The number of carbonyl (C=O) groups is 1. The molecule has 3 rings (SSSR count). The van der Waals surface area contributed by atoms with Crippen molar-refractivity contribution in [2.75, 3.05) is 6.54 Å². The van der Waals surface area contributed by atoms with Crippen molar-refractivity contribution in [2.24, 2.45) is 11.8 Å². The molecule has 1 aliphatic heterocycles. The van der Waals surface area contributed by atoms with Gasteiger partial charge in [-0.05, 0) is 54.0 Å². The predicted molar refractivity (Wildman–Crippen MR) is 83.0 cm³/mol. The van der Waals surface area contributed by atoms with Crippen molar-refractivity contribution in [1.82, 2.24) is 4.90 Å². The maximum absolute atomic E-state index is 12.6. The highest BCUT2D eigenvalue weighted by Crippen LogP contribution is 2.37. The number of hydrogen-bond donors (Lipinski definition) is 1. The number of furan rings is 1. The van der Waals surface area contributed by atoms with Crippen LogP contribution in [0.3, 0.4) is 0 Å². The fourth-order valence-electron chi connectivity index (χ4n) is 3.88. The summed E-state index contributed by atoms with van der Waals surface area (Å²) in [6.07, 6.45) is 6.22. The van der Waals surface area contributed by atoms with E-state index in [4.69, 9.17) is 4.42 Å². The molecule has 116 valence electrons. The summed E-state index contributed by atoms with van der Waals surface area (Å²) in [5.41, 5.74) is 0. The second kappa shape index (κ2) is 6.13. The van der Waals surface area contributed by atoms with Crippen LogP contribution in [-0.4, -0.2) is 34.6 Å². The van der Waals surface area contributed by atoms with Crippen LogP contribution in [0.25, 0.3) is 0 Å². The zero-order valence-corrected chi connectivity index (χ0v) is 13.9. The molecule has 4 atom stereocenters. The van der Waals surface area contributed by atoms with Gasteiger partial charge >= 0.3 is 0 Å². The number of carbonyl (C=O) groups excluding carboxylic acids is 1. The SMILES string of the molecule is CC1CCC(O)C(C2CCCN2C(=O)c2cc(Br)co2)C1. The van der Waals surface area contributed by atoms with Gasteiger partial charge in [-0.25, -0.2) is 0 Å². The van der Waals surface area contributed by atoms with Gasteiger partial charge in [-0.1, -0.05) is 6.92 Å². The number of likely N-dealkylation sites (tertiary alicyclic amines) is 1. The molecule has 1 saturated carbocycles. The molecule has 1 aliphatic carbocycles. The van der Waals surface area contributed by atoms with Gasteiger partial charge in [0.2, 0.25) is 0 Å². The van der Waals surface area contributed by atoms with Gasteiger partial charge in [0.25, 0.3) is 5.91 Å². The first-order valence-electron chi connectivity index (χ1n) is 7.79. The second-order valence-corrected chi connectivity index (χ2v) is 7.40. The van der Waals surface area contributed by atoms with E-state index in [9.17, 15) is 9.90 Å². The lowest BCUT2D eigenvalue weighted by molar-refractivity contribution is 0.00772. The Kier molecular flexibility index (Phi) is 4.41. The lowest BCUT2D eigenvalue weighted by Crippen LogP contribution is -2.46. The van der Waals surface area contributed by atoms with Gasteiger partial charge in [0, 0.05) is 24.6 Å². The summed E-state index contributed by atoms with van der Waals surface area (Å²) in [6.45, 7) is 3.00. The van der Waals surface area contributed by atoms with Gasteiger partial charge in [0.05, 0.1) is 10.6 Å². The third-order valence-corrected chi connectivity index (χ3v) is 5.37. The van der Waals surface area contributed by atoms with Crippen LogP contribution in [-0.2, 0) is 0 Å². The molecule has 0 radical (unpaired) electrons. The van der Waals surface area contributed by atoms with E-state index in [1.54, 1.807) is 6.07 Å². The molecule has 1 N–H and O–H groups in total. The average Bonchev–Trinajstić information content (AvgIpc) is 3.09. The summed E-state index contributed by atoms with van der Waals surface area (Å²) >= 11 is 3.31. The summed E-state index contributed by atoms with van der Waals surface area (Å²) in [5, 5.41) is 10.4. The lowest BCUT2D eigenvalue weighted by atomic mass is 9.76. The van der Waals surface area contributed by atoms with Crippen molar-refractivity contribution in [3.63, 3.8) is 0 Å². The number of aliphatic hydroxyl groups is 1. The molecule has 0 aromatic carbocycles. The Bertz CT molecular complexity index is 515. The van der Waals surface area contributed by atoms with Crippen LogP contribution in [0.4, 0.5) is 0 Å². The van der Waals surface area contributed by atoms with Crippen LogP contribution in [0.15, 0.2) is 21.2 Å². The maximum Gasteiger partial charge on any atom is 0.289 e. The van der Waals surface area contributed by atoms with Crippen molar-refractivity contribution in [3.8, 4) is 0 Å². The van der Waals surface area contributed by atoms with Gasteiger partial charge in [-0.3, -0.25) is 4.79 Å². The number of aliphatic hydroxyl groups excluding tert-OH is 1. The smallest absolute Gasteiger partial charge is 0.289 e. The number of halogens is 1. The Labute approximate surface area is 133 Å². The molecule has 2 fully saturated rings. The number of hydrogen-bond acceptors (Lipinski definition) is 3. The third kappa shape index (κ3) is 3.04. The summed E-state index contributed by atoms with van der Waals surface area (Å²) in [4.78, 5) is 14.5. The maximum atomic E-state index is 12.6. The first-order valence-corrected chi connectivity index (χ1v) is 8.58. The van der Waals surface area contributed by atoms with E-state index >= 15 is 0 Å². The van der Waals surface area contributed by atoms with Gasteiger partial charge in [0.1, 0.15) is 6.26 Å². The molecule has 21 heavy (non-hydrogen) atoms. The number of rotatable bonds is 2. The molecule has 5 heteroatoms. The van der Waals surface area contributed by atoms with E-state index in [0.29, 0.717) is 11.7 Å². The summed E-state index contributed by atoms with van der Waals surface area (Å²) in [7, 11) is 0. The van der Waals surface area contributed by atoms with Gasteiger partial charge < -0.3 is 14.4 Å². The monoisotopic (exact) mass is 355 g/mol. The van der Waals surface area contributed by atoms with E-state index in [1.807, 2.05) is 4.90 Å². The van der Waals surface area contributed by atoms with E-state index in [0.717, 1.165) is 43.1 Å². The summed E-state index contributed by atoms with van der Waals surface area (Å²) in [6, 6.07) is 1.87. The highest BCUT2D eigenvalue weighted by molar-refractivity contribution is 9.10. The van der Waals surface area contributed by atoms with Crippen LogP contribution < -0.4 is 0 Å². The highest BCUT2D eigenvalue weighted by Gasteiger charge is 2.41. The lowest BCUT2D eigenvalue weighted by Gasteiger charge is -2.39. The molecular formula is C16H22BrNO3. The minimum absolute atomic E-state index is 0.0476. The Morgan fingerprint density at radius 1 is 1.43 bits per heavy atom. The molecule has 1 aromatic heterocycles. The van der Waals surface area contributed by atoms with Crippen LogP contribution in [0.2, 0.25) is 0 Å². The van der Waals surface area contributed by atoms with Crippen LogP contribution in [0.1, 0.15) is 49.6 Å². The molecule has 4 unspecified atom stereocenters. The highest BCUT2D eigenvalue weighted by atomic mass is 79.9. The molecular weight excluding hydrogens is 334 g/mol. The summed E-state index contributed by atoms with van der Waals surface area (Å²) in [5.74, 6) is 1.17. The fourth-order valence-corrected chi connectivity index (χ4v) is 4.18. The molecule has 2 aliphatic rings. The summed E-state index contributed by atoms with van der Waals surface area (Å²) < 4.78 is 6.11.